The molecular weight excluding hydrogens is 224 g/mol. The Morgan fingerprint density at radius 3 is 2.39 bits per heavy atom. The van der Waals surface area contributed by atoms with Crippen LogP contribution < -0.4 is 4.74 Å². The molecule has 0 spiro atoms. The third kappa shape index (κ3) is 3.57. The van der Waals surface area contributed by atoms with Gasteiger partial charge in [-0.25, -0.2) is 0 Å². The maximum Gasteiger partial charge on any atom is 0.118 e. The fourth-order valence-electron chi connectivity index (χ4n) is 1.90. The normalized spacial score (nSPS) is 10.6. The summed E-state index contributed by atoms with van der Waals surface area (Å²) in [6.07, 6.45) is 3.71. The van der Waals surface area contributed by atoms with Gasteiger partial charge < -0.3 is 4.74 Å². The summed E-state index contributed by atoms with van der Waals surface area (Å²) in [5.41, 5.74) is 2.51. The Morgan fingerprint density at radius 1 is 1.06 bits per heavy atom. The van der Waals surface area contributed by atoms with Crippen molar-refractivity contribution in [3.63, 3.8) is 0 Å². The second-order valence-electron chi connectivity index (χ2n) is 4.38. The molecule has 0 amide bonds. The maximum atomic E-state index is 5.15. The van der Waals surface area contributed by atoms with E-state index in [2.05, 4.69) is 35.1 Å². The Hall–Kier alpha value is -1.87. The zero-order valence-electron chi connectivity index (χ0n) is 10.8. The van der Waals surface area contributed by atoms with Gasteiger partial charge in [0.2, 0.25) is 0 Å². The SMILES string of the molecule is COc1ccc(CN(C)Cc2cccnc2)cc1. The number of rotatable bonds is 5. The van der Waals surface area contributed by atoms with Gasteiger partial charge in [0.05, 0.1) is 7.11 Å². The molecular formula is C15H18N2O. The second kappa shape index (κ2) is 6.17. The summed E-state index contributed by atoms with van der Waals surface area (Å²) in [7, 11) is 3.79. The Kier molecular flexibility index (Phi) is 4.31. The molecule has 18 heavy (non-hydrogen) atoms. The van der Waals surface area contributed by atoms with Crippen LogP contribution in [0.2, 0.25) is 0 Å². The van der Waals surface area contributed by atoms with Gasteiger partial charge >= 0.3 is 0 Å². The molecule has 0 unspecified atom stereocenters. The van der Waals surface area contributed by atoms with Crippen molar-refractivity contribution in [1.82, 2.24) is 9.88 Å². The fourth-order valence-corrected chi connectivity index (χ4v) is 1.90. The first kappa shape index (κ1) is 12.6. The van der Waals surface area contributed by atoms with E-state index in [-0.39, 0.29) is 0 Å². The molecule has 1 heterocycles. The Bertz CT molecular complexity index is 468. The Labute approximate surface area is 108 Å². The number of ether oxygens (including phenoxy) is 1. The summed E-state index contributed by atoms with van der Waals surface area (Å²) in [4.78, 5) is 6.39. The van der Waals surface area contributed by atoms with Gasteiger partial charge in [0.15, 0.2) is 0 Å². The van der Waals surface area contributed by atoms with Crippen molar-refractivity contribution < 1.29 is 4.74 Å². The average molecular weight is 242 g/mol. The van der Waals surface area contributed by atoms with Gasteiger partial charge in [-0.05, 0) is 36.4 Å². The fraction of sp³-hybridized carbons (Fsp3) is 0.267. The van der Waals surface area contributed by atoms with E-state index in [4.69, 9.17) is 4.74 Å². The van der Waals surface area contributed by atoms with Crippen molar-refractivity contribution in [2.24, 2.45) is 0 Å². The quantitative estimate of drug-likeness (QED) is 0.806. The Balaban J connectivity index is 1.92. The van der Waals surface area contributed by atoms with E-state index in [1.807, 2.05) is 24.4 Å². The molecule has 0 N–H and O–H groups in total. The van der Waals surface area contributed by atoms with Crippen LogP contribution in [0.4, 0.5) is 0 Å². The zero-order valence-corrected chi connectivity index (χ0v) is 10.8. The van der Waals surface area contributed by atoms with E-state index in [1.165, 1.54) is 11.1 Å². The minimum absolute atomic E-state index is 0.897. The maximum absolute atomic E-state index is 5.15. The molecule has 2 aromatic rings. The molecule has 3 nitrogen and oxygen atoms in total. The predicted molar refractivity (Wildman–Crippen MR) is 72.4 cm³/mol. The molecule has 0 bridgehead atoms. The standard InChI is InChI=1S/C15H18N2O/c1-17(12-14-4-3-9-16-10-14)11-13-5-7-15(18-2)8-6-13/h3-10H,11-12H2,1-2H3. The highest BCUT2D eigenvalue weighted by Gasteiger charge is 2.02. The van der Waals surface area contributed by atoms with Crippen molar-refractivity contribution in [1.29, 1.82) is 0 Å². The van der Waals surface area contributed by atoms with Crippen LogP contribution in [-0.2, 0) is 13.1 Å². The minimum Gasteiger partial charge on any atom is -0.497 e. The van der Waals surface area contributed by atoms with Crippen LogP contribution in [0.1, 0.15) is 11.1 Å². The van der Waals surface area contributed by atoms with E-state index in [9.17, 15) is 0 Å². The first-order chi connectivity index (χ1) is 8.78. The summed E-state index contributed by atoms with van der Waals surface area (Å²) in [5.74, 6) is 0.897. The molecule has 1 aromatic carbocycles. The molecule has 1 aromatic heterocycles. The van der Waals surface area contributed by atoms with Crippen LogP contribution in [0.15, 0.2) is 48.8 Å². The molecule has 2 rings (SSSR count). The first-order valence-corrected chi connectivity index (χ1v) is 5.98. The van der Waals surface area contributed by atoms with Crippen molar-refractivity contribution in [2.45, 2.75) is 13.1 Å². The number of nitrogens with zero attached hydrogens (tertiary/aromatic N) is 2. The third-order valence-corrected chi connectivity index (χ3v) is 2.79. The molecule has 0 saturated heterocycles. The van der Waals surface area contributed by atoms with Crippen molar-refractivity contribution >= 4 is 0 Å². The number of aromatic nitrogens is 1. The van der Waals surface area contributed by atoms with E-state index >= 15 is 0 Å². The molecule has 0 aliphatic heterocycles. The van der Waals surface area contributed by atoms with Crippen molar-refractivity contribution in [2.75, 3.05) is 14.2 Å². The van der Waals surface area contributed by atoms with Crippen LogP contribution in [0.25, 0.3) is 0 Å². The number of benzene rings is 1. The predicted octanol–water partition coefficient (Wildman–Crippen LogP) is 2.72. The Morgan fingerprint density at radius 2 is 1.78 bits per heavy atom. The van der Waals surface area contributed by atoms with Crippen LogP contribution in [0, 0.1) is 0 Å². The topological polar surface area (TPSA) is 25.4 Å². The summed E-state index contributed by atoms with van der Waals surface area (Å²) in [6.45, 7) is 1.82. The van der Waals surface area contributed by atoms with Crippen LogP contribution in [0.5, 0.6) is 5.75 Å². The second-order valence-corrected chi connectivity index (χ2v) is 4.38. The molecule has 0 aliphatic rings. The number of hydrogen-bond acceptors (Lipinski definition) is 3. The van der Waals surface area contributed by atoms with Crippen molar-refractivity contribution in [3.8, 4) is 5.75 Å². The van der Waals surface area contributed by atoms with Crippen LogP contribution in [0.3, 0.4) is 0 Å². The summed E-state index contributed by atoms with van der Waals surface area (Å²) in [6, 6.07) is 12.2. The lowest BCUT2D eigenvalue weighted by molar-refractivity contribution is 0.318. The zero-order chi connectivity index (χ0) is 12.8. The molecule has 0 fully saturated rings. The number of pyridine rings is 1. The number of methoxy groups -OCH3 is 1. The van der Waals surface area contributed by atoms with Crippen molar-refractivity contribution in [3.05, 3.63) is 59.9 Å². The largest absolute Gasteiger partial charge is 0.497 e. The highest BCUT2D eigenvalue weighted by molar-refractivity contribution is 5.27. The van der Waals surface area contributed by atoms with Gasteiger partial charge in [-0.15, -0.1) is 0 Å². The summed E-state index contributed by atoms with van der Waals surface area (Å²) < 4.78 is 5.15. The average Bonchev–Trinajstić information content (AvgIpc) is 2.40. The molecule has 3 heteroatoms. The van der Waals surface area contributed by atoms with E-state index < -0.39 is 0 Å². The monoisotopic (exact) mass is 242 g/mol. The van der Waals surface area contributed by atoms with Gasteiger partial charge in [-0.2, -0.15) is 0 Å². The molecule has 0 aliphatic carbocycles. The van der Waals surface area contributed by atoms with Crippen LogP contribution >= 0.6 is 0 Å². The van der Waals surface area contributed by atoms with Gasteiger partial charge in [0.1, 0.15) is 5.75 Å². The smallest absolute Gasteiger partial charge is 0.118 e. The minimum atomic E-state index is 0.897. The van der Waals surface area contributed by atoms with Gasteiger partial charge in [-0.1, -0.05) is 18.2 Å². The van der Waals surface area contributed by atoms with Crippen LogP contribution in [-0.4, -0.2) is 24.0 Å². The van der Waals surface area contributed by atoms with E-state index in [0.29, 0.717) is 0 Å². The lowest BCUT2D eigenvalue weighted by Crippen LogP contribution is -2.17. The van der Waals surface area contributed by atoms with Gasteiger partial charge in [0, 0.05) is 25.5 Å². The molecule has 0 radical (unpaired) electrons. The van der Waals surface area contributed by atoms with E-state index in [0.717, 1.165) is 18.8 Å². The van der Waals surface area contributed by atoms with Gasteiger partial charge in [0.25, 0.3) is 0 Å². The molecule has 0 atom stereocenters. The first-order valence-electron chi connectivity index (χ1n) is 5.98. The lowest BCUT2D eigenvalue weighted by atomic mass is 10.2. The highest BCUT2D eigenvalue weighted by Crippen LogP contribution is 2.13. The summed E-state index contributed by atoms with van der Waals surface area (Å²) in [5, 5.41) is 0. The lowest BCUT2D eigenvalue weighted by Gasteiger charge is -2.16. The molecule has 0 saturated carbocycles. The van der Waals surface area contributed by atoms with Gasteiger partial charge in [-0.3, -0.25) is 9.88 Å². The highest BCUT2D eigenvalue weighted by atomic mass is 16.5. The third-order valence-electron chi connectivity index (χ3n) is 2.79. The number of hydrogen-bond donors (Lipinski definition) is 0. The van der Waals surface area contributed by atoms with E-state index in [1.54, 1.807) is 13.3 Å². The molecule has 94 valence electrons. The summed E-state index contributed by atoms with van der Waals surface area (Å²) >= 11 is 0.